The van der Waals surface area contributed by atoms with Crippen molar-refractivity contribution >= 4 is 27.8 Å². The highest BCUT2D eigenvalue weighted by Crippen LogP contribution is 2.30. The molecule has 31 heavy (non-hydrogen) atoms. The van der Waals surface area contributed by atoms with E-state index in [1.165, 1.54) is 0 Å². The number of aromatic nitrogens is 7. The second-order valence-electron chi connectivity index (χ2n) is 7.81. The van der Waals surface area contributed by atoms with Crippen LogP contribution in [0.15, 0.2) is 48.9 Å². The zero-order valence-electron chi connectivity index (χ0n) is 17.1. The SMILES string of the molecule is CN1CCN(c2nccc3[nH]c(-c4n[nH]c5cnc(-c6ccccn6)cc45)nc23)CC1. The molecule has 1 aliphatic heterocycles. The first kappa shape index (κ1) is 18.0. The number of rotatable bonds is 3. The minimum absolute atomic E-state index is 0.711. The van der Waals surface area contributed by atoms with Gasteiger partial charge >= 0.3 is 0 Å². The normalized spacial score (nSPS) is 15.2. The third-order valence-electron chi connectivity index (χ3n) is 5.78. The van der Waals surface area contributed by atoms with Gasteiger partial charge in [0, 0.05) is 44.0 Å². The van der Waals surface area contributed by atoms with Gasteiger partial charge in [0.2, 0.25) is 0 Å². The summed E-state index contributed by atoms with van der Waals surface area (Å²) in [6, 6.07) is 9.76. The maximum Gasteiger partial charge on any atom is 0.159 e. The van der Waals surface area contributed by atoms with Crippen molar-refractivity contribution in [3.8, 4) is 22.9 Å². The molecule has 0 bridgehead atoms. The molecular weight excluding hydrogens is 390 g/mol. The van der Waals surface area contributed by atoms with E-state index in [1.807, 2.05) is 36.5 Å². The van der Waals surface area contributed by atoms with E-state index in [-0.39, 0.29) is 0 Å². The lowest BCUT2D eigenvalue weighted by Crippen LogP contribution is -2.44. The number of aromatic amines is 2. The summed E-state index contributed by atoms with van der Waals surface area (Å²) in [6.45, 7) is 3.91. The van der Waals surface area contributed by atoms with Crippen molar-refractivity contribution in [2.75, 3.05) is 38.1 Å². The molecule has 0 amide bonds. The second-order valence-corrected chi connectivity index (χ2v) is 7.81. The Labute approximate surface area is 178 Å². The van der Waals surface area contributed by atoms with Crippen LogP contribution in [-0.4, -0.2) is 73.2 Å². The van der Waals surface area contributed by atoms with E-state index >= 15 is 0 Å². The van der Waals surface area contributed by atoms with Gasteiger partial charge in [-0.05, 0) is 31.3 Å². The monoisotopic (exact) mass is 411 g/mol. The highest BCUT2D eigenvalue weighted by atomic mass is 15.3. The smallest absolute Gasteiger partial charge is 0.159 e. The molecule has 0 aliphatic carbocycles. The average molecular weight is 411 g/mol. The van der Waals surface area contributed by atoms with E-state index in [1.54, 1.807) is 12.4 Å². The predicted octanol–water partition coefficient (Wildman–Crippen LogP) is 2.71. The molecule has 2 N–H and O–H groups in total. The second kappa shape index (κ2) is 7.13. The highest BCUT2D eigenvalue weighted by Gasteiger charge is 2.21. The van der Waals surface area contributed by atoms with Gasteiger partial charge in [-0.15, -0.1) is 0 Å². The summed E-state index contributed by atoms with van der Waals surface area (Å²) in [4.78, 5) is 26.6. The maximum absolute atomic E-state index is 4.91. The fourth-order valence-electron chi connectivity index (χ4n) is 4.03. The number of anilines is 1. The summed E-state index contributed by atoms with van der Waals surface area (Å²) in [7, 11) is 2.15. The van der Waals surface area contributed by atoms with Gasteiger partial charge in [0.15, 0.2) is 11.6 Å². The molecule has 0 unspecified atom stereocenters. The zero-order chi connectivity index (χ0) is 20.8. The summed E-state index contributed by atoms with van der Waals surface area (Å²) < 4.78 is 0. The number of hydrogen-bond donors (Lipinski definition) is 2. The van der Waals surface area contributed by atoms with Crippen LogP contribution in [0.25, 0.3) is 44.8 Å². The number of pyridine rings is 3. The fraction of sp³-hybridized carbons (Fsp3) is 0.227. The molecule has 0 aromatic carbocycles. The van der Waals surface area contributed by atoms with Gasteiger partial charge in [-0.25, -0.2) is 9.97 Å². The highest BCUT2D eigenvalue weighted by molar-refractivity contribution is 5.96. The topological polar surface area (TPSA) is 103 Å². The maximum atomic E-state index is 4.91. The Balaban J connectivity index is 1.44. The van der Waals surface area contributed by atoms with Gasteiger partial charge in [0.25, 0.3) is 0 Å². The molecule has 5 aromatic heterocycles. The molecule has 9 heteroatoms. The lowest BCUT2D eigenvalue weighted by molar-refractivity contribution is 0.312. The van der Waals surface area contributed by atoms with E-state index < -0.39 is 0 Å². The van der Waals surface area contributed by atoms with E-state index in [4.69, 9.17) is 4.98 Å². The van der Waals surface area contributed by atoms with Gasteiger partial charge in [0.1, 0.15) is 11.2 Å². The van der Waals surface area contributed by atoms with Crippen molar-refractivity contribution in [3.05, 3.63) is 48.9 Å². The molecule has 6 rings (SSSR count). The molecule has 1 fully saturated rings. The molecule has 0 saturated carbocycles. The summed E-state index contributed by atoms with van der Waals surface area (Å²) in [5.74, 6) is 1.63. The van der Waals surface area contributed by atoms with E-state index in [0.717, 1.165) is 71.0 Å². The van der Waals surface area contributed by atoms with Crippen molar-refractivity contribution in [2.24, 2.45) is 0 Å². The molecule has 9 nitrogen and oxygen atoms in total. The Bertz CT molecular complexity index is 1360. The van der Waals surface area contributed by atoms with Crippen LogP contribution >= 0.6 is 0 Å². The molecule has 154 valence electrons. The Hall–Kier alpha value is -3.85. The Morgan fingerprint density at radius 2 is 1.81 bits per heavy atom. The third-order valence-corrected chi connectivity index (χ3v) is 5.78. The summed E-state index contributed by atoms with van der Waals surface area (Å²) in [6.07, 6.45) is 5.39. The number of nitrogens with one attached hydrogen (secondary N) is 2. The molecule has 1 aliphatic rings. The third kappa shape index (κ3) is 3.10. The quantitative estimate of drug-likeness (QED) is 0.471. The number of hydrogen-bond acceptors (Lipinski definition) is 7. The van der Waals surface area contributed by atoms with Gasteiger partial charge < -0.3 is 14.8 Å². The van der Waals surface area contributed by atoms with Crippen LogP contribution in [0.2, 0.25) is 0 Å². The number of piperazine rings is 1. The lowest BCUT2D eigenvalue weighted by atomic mass is 10.1. The molecule has 0 spiro atoms. The van der Waals surface area contributed by atoms with Crippen molar-refractivity contribution in [1.82, 2.24) is 40.0 Å². The van der Waals surface area contributed by atoms with E-state index in [9.17, 15) is 0 Å². The van der Waals surface area contributed by atoms with E-state index in [0.29, 0.717) is 5.82 Å². The molecule has 0 atom stereocenters. The Morgan fingerprint density at radius 1 is 0.903 bits per heavy atom. The predicted molar refractivity (Wildman–Crippen MR) is 120 cm³/mol. The van der Waals surface area contributed by atoms with Crippen LogP contribution in [0, 0.1) is 0 Å². The zero-order valence-corrected chi connectivity index (χ0v) is 17.1. The van der Waals surface area contributed by atoms with Gasteiger partial charge in [-0.3, -0.25) is 15.1 Å². The first-order valence-electron chi connectivity index (χ1n) is 10.3. The minimum Gasteiger partial charge on any atom is -0.352 e. The van der Waals surface area contributed by atoms with Gasteiger partial charge in [-0.2, -0.15) is 5.10 Å². The van der Waals surface area contributed by atoms with Gasteiger partial charge in [-0.1, -0.05) is 6.07 Å². The number of fused-ring (bicyclic) bond motifs is 2. The Kier molecular flexibility index (Phi) is 4.13. The van der Waals surface area contributed by atoms with Crippen LogP contribution in [0.4, 0.5) is 5.82 Å². The lowest BCUT2D eigenvalue weighted by Gasteiger charge is -2.33. The Morgan fingerprint density at radius 3 is 2.65 bits per heavy atom. The molecular formula is C22H21N9. The molecule has 5 aromatic rings. The van der Waals surface area contributed by atoms with Crippen LogP contribution in [0.1, 0.15) is 0 Å². The first-order chi connectivity index (χ1) is 15.3. The fourth-order valence-corrected chi connectivity index (χ4v) is 4.03. The van der Waals surface area contributed by atoms with E-state index in [2.05, 4.69) is 47.0 Å². The molecule has 1 saturated heterocycles. The van der Waals surface area contributed by atoms with Crippen LogP contribution in [-0.2, 0) is 0 Å². The molecule has 0 radical (unpaired) electrons. The standard InChI is InChI=1S/C22H21N9/c1-30-8-10-31(11-9-30)22-20-16(5-7-24-22)26-21(27-20)19-14-12-17(15-4-2-3-6-23-15)25-13-18(14)28-29-19/h2-7,12-13H,8-11H2,1H3,(H,26,27)(H,28,29). The van der Waals surface area contributed by atoms with Crippen molar-refractivity contribution in [2.45, 2.75) is 0 Å². The number of likely N-dealkylation sites (N-methyl/N-ethyl adjacent to an activating group) is 1. The summed E-state index contributed by atoms with van der Waals surface area (Å²) >= 11 is 0. The van der Waals surface area contributed by atoms with Crippen molar-refractivity contribution in [1.29, 1.82) is 0 Å². The largest absolute Gasteiger partial charge is 0.352 e. The van der Waals surface area contributed by atoms with Crippen molar-refractivity contribution < 1.29 is 0 Å². The van der Waals surface area contributed by atoms with Crippen LogP contribution < -0.4 is 4.90 Å². The van der Waals surface area contributed by atoms with Crippen molar-refractivity contribution in [3.63, 3.8) is 0 Å². The molecule has 6 heterocycles. The first-order valence-corrected chi connectivity index (χ1v) is 10.3. The van der Waals surface area contributed by atoms with Crippen LogP contribution in [0.3, 0.4) is 0 Å². The van der Waals surface area contributed by atoms with Gasteiger partial charge in [0.05, 0.1) is 28.6 Å². The summed E-state index contributed by atoms with van der Waals surface area (Å²) in [5, 5.41) is 8.54. The van der Waals surface area contributed by atoms with Crippen LogP contribution in [0.5, 0.6) is 0 Å². The minimum atomic E-state index is 0.711. The summed E-state index contributed by atoms with van der Waals surface area (Å²) in [5.41, 5.74) is 5.06. The average Bonchev–Trinajstić information content (AvgIpc) is 3.43. The number of H-pyrrole nitrogens is 2. The number of nitrogens with zero attached hydrogens (tertiary/aromatic N) is 7. The number of imidazole rings is 1.